The molecule has 0 aromatic heterocycles. The summed E-state index contributed by atoms with van der Waals surface area (Å²) in [4.78, 5) is 12.4. The molecule has 1 aromatic rings. The number of nitrogens with one attached hydrogen (secondary N) is 1. The summed E-state index contributed by atoms with van der Waals surface area (Å²) in [5.74, 6) is 0.504. The number of hydrogen-bond donors (Lipinski definition) is 1. The molecule has 0 radical (unpaired) electrons. The third-order valence-corrected chi connectivity index (χ3v) is 8.13. The van der Waals surface area contributed by atoms with Gasteiger partial charge < -0.3 is 5.32 Å². The van der Waals surface area contributed by atoms with E-state index >= 15 is 0 Å². The van der Waals surface area contributed by atoms with Gasteiger partial charge in [-0.05, 0) is 55.7 Å². The molecule has 1 amide bonds. The predicted molar refractivity (Wildman–Crippen MR) is 111 cm³/mol. The van der Waals surface area contributed by atoms with E-state index in [-0.39, 0.29) is 11.8 Å². The largest absolute Gasteiger partial charge is 0.356 e. The first-order valence-electron chi connectivity index (χ1n) is 10.1. The highest BCUT2D eigenvalue weighted by atomic mass is 35.5. The van der Waals surface area contributed by atoms with Crippen molar-refractivity contribution in [3.05, 3.63) is 34.9 Å². The molecule has 2 aliphatic heterocycles. The van der Waals surface area contributed by atoms with Crippen LogP contribution in [-0.2, 0) is 21.4 Å². The van der Waals surface area contributed by atoms with Crippen molar-refractivity contribution >= 4 is 27.7 Å². The number of carbonyl (C=O) groups excluding carboxylic acids is 1. The standard InChI is InChI=1S/C20H30ClN3O3S/c1-16-7-12-23(13-8-16)28(26,27)24-14-9-18(10-15-24)20(25)22-11-6-17-2-4-19(21)5-3-17/h2-5,16,18H,6-15H2,1H3,(H,22,25). The average molecular weight is 428 g/mol. The molecule has 6 nitrogen and oxygen atoms in total. The lowest BCUT2D eigenvalue weighted by molar-refractivity contribution is -0.126. The second-order valence-electron chi connectivity index (χ2n) is 7.93. The number of nitrogens with zero attached hydrogens (tertiary/aromatic N) is 2. The van der Waals surface area contributed by atoms with Crippen LogP contribution in [0.5, 0.6) is 0 Å². The van der Waals surface area contributed by atoms with Crippen LogP contribution in [0.3, 0.4) is 0 Å². The highest BCUT2D eigenvalue weighted by Crippen LogP contribution is 2.25. The summed E-state index contributed by atoms with van der Waals surface area (Å²) in [7, 11) is -3.39. The average Bonchev–Trinajstić information content (AvgIpc) is 2.70. The van der Waals surface area contributed by atoms with E-state index < -0.39 is 10.2 Å². The second-order valence-corrected chi connectivity index (χ2v) is 10.3. The minimum atomic E-state index is -3.39. The van der Waals surface area contributed by atoms with Crippen molar-refractivity contribution in [2.75, 3.05) is 32.7 Å². The fourth-order valence-corrected chi connectivity index (χ4v) is 5.65. The molecule has 2 heterocycles. The normalized spacial score (nSPS) is 20.9. The lowest BCUT2D eigenvalue weighted by atomic mass is 9.97. The van der Waals surface area contributed by atoms with E-state index in [9.17, 15) is 13.2 Å². The van der Waals surface area contributed by atoms with Crippen LogP contribution < -0.4 is 5.32 Å². The summed E-state index contributed by atoms with van der Waals surface area (Å²) in [5.41, 5.74) is 1.13. The molecule has 0 spiro atoms. The Labute approximate surface area is 173 Å². The summed E-state index contributed by atoms with van der Waals surface area (Å²) < 4.78 is 28.8. The number of carbonyl (C=O) groups is 1. The van der Waals surface area contributed by atoms with Gasteiger partial charge >= 0.3 is 0 Å². The molecule has 3 rings (SSSR count). The van der Waals surface area contributed by atoms with Crippen LogP contribution in [0, 0.1) is 11.8 Å². The maximum absolute atomic E-state index is 12.8. The summed E-state index contributed by atoms with van der Waals surface area (Å²) in [5, 5.41) is 3.69. The van der Waals surface area contributed by atoms with Crippen molar-refractivity contribution in [1.82, 2.24) is 13.9 Å². The van der Waals surface area contributed by atoms with Gasteiger partial charge in [-0.1, -0.05) is 30.7 Å². The number of benzene rings is 1. The van der Waals surface area contributed by atoms with Gasteiger partial charge in [-0.15, -0.1) is 0 Å². The maximum atomic E-state index is 12.8. The summed E-state index contributed by atoms with van der Waals surface area (Å²) >= 11 is 5.88. The lowest BCUT2D eigenvalue weighted by Gasteiger charge is -2.37. The maximum Gasteiger partial charge on any atom is 0.281 e. The van der Waals surface area contributed by atoms with E-state index in [4.69, 9.17) is 11.6 Å². The summed E-state index contributed by atoms with van der Waals surface area (Å²) in [6.07, 6.45) is 3.76. The third-order valence-electron chi connectivity index (χ3n) is 5.85. The minimum absolute atomic E-state index is 0.0257. The quantitative estimate of drug-likeness (QED) is 0.758. The van der Waals surface area contributed by atoms with Gasteiger partial charge in [0.25, 0.3) is 10.2 Å². The van der Waals surface area contributed by atoms with Crippen molar-refractivity contribution in [2.24, 2.45) is 11.8 Å². The van der Waals surface area contributed by atoms with Gasteiger partial charge in [-0.3, -0.25) is 4.79 Å². The molecular formula is C20H30ClN3O3S. The molecule has 2 saturated heterocycles. The number of halogens is 1. The van der Waals surface area contributed by atoms with Crippen LogP contribution >= 0.6 is 11.6 Å². The van der Waals surface area contributed by atoms with E-state index in [2.05, 4.69) is 12.2 Å². The first-order chi connectivity index (χ1) is 13.4. The molecule has 28 heavy (non-hydrogen) atoms. The predicted octanol–water partition coefficient (Wildman–Crippen LogP) is 2.69. The highest BCUT2D eigenvalue weighted by molar-refractivity contribution is 7.86. The van der Waals surface area contributed by atoms with Crippen LogP contribution in [-0.4, -0.2) is 55.7 Å². The van der Waals surface area contributed by atoms with Crippen molar-refractivity contribution in [2.45, 2.75) is 39.0 Å². The van der Waals surface area contributed by atoms with E-state index in [0.717, 1.165) is 24.8 Å². The zero-order chi connectivity index (χ0) is 20.1. The Bertz CT molecular complexity index is 753. The zero-order valence-electron chi connectivity index (χ0n) is 16.4. The molecule has 8 heteroatoms. The van der Waals surface area contributed by atoms with Gasteiger partial charge in [0.2, 0.25) is 5.91 Å². The smallest absolute Gasteiger partial charge is 0.281 e. The Morgan fingerprint density at radius 3 is 2.14 bits per heavy atom. The van der Waals surface area contributed by atoms with E-state index in [0.29, 0.717) is 56.5 Å². The number of amides is 1. The van der Waals surface area contributed by atoms with Gasteiger partial charge in [0.1, 0.15) is 0 Å². The van der Waals surface area contributed by atoms with E-state index in [1.165, 1.54) is 0 Å². The van der Waals surface area contributed by atoms with Crippen molar-refractivity contribution in [3.63, 3.8) is 0 Å². The molecule has 1 N–H and O–H groups in total. The van der Waals surface area contributed by atoms with Crippen LogP contribution in [0.2, 0.25) is 5.02 Å². The molecule has 2 fully saturated rings. The monoisotopic (exact) mass is 427 g/mol. The first-order valence-corrected chi connectivity index (χ1v) is 11.9. The van der Waals surface area contributed by atoms with Crippen LogP contribution in [0.15, 0.2) is 24.3 Å². The van der Waals surface area contributed by atoms with Gasteiger partial charge in [-0.2, -0.15) is 17.0 Å². The van der Waals surface area contributed by atoms with Crippen molar-refractivity contribution < 1.29 is 13.2 Å². The summed E-state index contributed by atoms with van der Waals surface area (Å²) in [6, 6.07) is 7.61. The Morgan fingerprint density at radius 2 is 1.57 bits per heavy atom. The highest BCUT2D eigenvalue weighted by Gasteiger charge is 2.35. The fraction of sp³-hybridized carbons (Fsp3) is 0.650. The topological polar surface area (TPSA) is 69.7 Å². The molecule has 0 unspecified atom stereocenters. The molecule has 0 bridgehead atoms. The zero-order valence-corrected chi connectivity index (χ0v) is 18.0. The van der Waals surface area contributed by atoms with Crippen LogP contribution in [0.1, 0.15) is 38.2 Å². The molecule has 0 atom stereocenters. The first kappa shape index (κ1) is 21.6. The SMILES string of the molecule is CC1CCN(S(=O)(=O)N2CCC(C(=O)NCCc3ccc(Cl)cc3)CC2)CC1. The molecule has 0 saturated carbocycles. The van der Waals surface area contributed by atoms with Crippen LogP contribution in [0.25, 0.3) is 0 Å². The van der Waals surface area contributed by atoms with Crippen LogP contribution in [0.4, 0.5) is 0 Å². The molecule has 156 valence electrons. The molecular weight excluding hydrogens is 398 g/mol. The van der Waals surface area contributed by atoms with E-state index in [1.807, 2.05) is 24.3 Å². The number of piperidine rings is 2. The van der Waals surface area contributed by atoms with Gasteiger partial charge in [0.05, 0.1) is 0 Å². The Morgan fingerprint density at radius 1 is 1.04 bits per heavy atom. The van der Waals surface area contributed by atoms with Crippen molar-refractivity contribution in [3.8, 4) is 0 Å². The Balaban J connectivity index is 1.42. The summed E-state index contributed by atoms with van der Waals surface area (Å²) in [6.45, 7) is 4.79. The number of hydrogen-bond acceptors (Lipinski definition) is 3. The lowest BCUT2D eigenvalue weighted by Crippen LogP contribution is -2.50. The van der Waals surface area contributed by atoms with Gasteiger partial charge in [0.15, 0.2) is 0 Å². The molecule has 2 aliphatic rings. The number of rotatable bonds is 6. The minimum Gasteiger partial charge on any atom is -0.356 e. The Kier molecular flexibility index (Phi) is 7.36. The van der Waals surface area contributed by atoms with Gasteiger partial charge in [0, 0.05) is 43.7 Å². The molecule has 1 aromatic carbocycles. The second kappa shape index (κ2) is 9.57. The third kappa shape index (κ3) is 5.47. The fourth-order valence-electron chi connectivity index (χ4n) is 3.85. The van der Waals surface area contributed by atoms with Gasteiger partial charge in [-0.25, -0.2) is 0 Å². The Hall–Kier alpha value is -1.15. The van der Waals surface area contributed by atoms with E-state index in [1.54, 1.807) is 8.61 Å². The van der Waals surface area contributed by atoms with Crippen molar-refractivity contribution in [1.29, 1.82) is 0 Å². The molecule has 0 aliphatic carbocycles.